The zero-order chi connectivity index (χ0) is 19.5. The summed E-state index contributed by atoms with van der Waals surface area (Å²) in [6.45, 7) is 0.573. The van der Waals surface area contributed by atoms with Crippen molar-refractivity contribution < 1.29 is 14.3 Å². The normalized spacial score (nSPS) is 18.8. The van der Waals surface area contributed by atoms with Crippen LogP contribution >= 0.6 is 11.6 Å². The van der Waals surface area contributed by atoms with E-state index < -0.39 is 0 Å². The van der Waals surface area contributed by atoms with E-state index in [4.69, 9.17) is 21.1 Å². The van der Waals surface area contributed by atoms with E-state index in [0.717, 1.165) is 17.7 Å². The molecule has 1 aromatic carbocycles. The lowest BCUT2D eigenvalue weighted by Gasteiger charge is -2.19. The molecular formula is C20H19ClN4O3. The molecule has 1 amide bonds. The summed E-state index contributed by atoms with van der Waals surface area (Å²) < 4.78 is 12.5. The third-order valence-electron chi connectivity index (χ3n) is 4.62. The van der Waals surface area contributed by atoms with Crippen LogP contribution in [0.15, 0.2) is 55.0 Å². The van der Waals surface area contributed by atoms with Gasteiger partial charge in [-0.25, -0.2) is 9.67 Å². The van der Waals surface area contributed by atoms with E-state index in [1.54, 1.807) is 42.4 Å². The number of carbonyl (C=O) groups excluding carboxylic acids is 1. The summed E-state index contributed by atoms with van der Waals surface area (Å²) >= 11 is 6.02. The van der Waals surface area contributed by atoms with Crippen molar-refractivity contribution in [2.45, 2.75) is 18.6 Å². The van der Waals surface area contributed by atoms with E-state index in [-0.39, 0.29) is 18.1 Å². The van der Waals surface area contributed by atoms with Crippen molar-refractivity contribution in [3.05, 3.63) is 71.1 Å². The Hall–Kier alpha value is -2.90. The number of benzene rings is 1. The topological polar surface area (TPSA) is 78.3 Å². The Morgan fingerprint density at radius 1 is 1.32 bits per heavy atom. The molecule has 3 heterocycles. The smallest absolute Gasteiger partial charge is 0.254 e. The van der Waals surface area contributed by atoms with Crippen molar-refractivity contribution >= 4 is 17.5 Å². The van der Waals surface area contributed by atoms with Gasteiger partial charge in [-0.1, -0.05) is 17.7 Å². The van der Waals surface area contributed by atoms with Crippen molar-refractivity contribution in [2.75, 3.05) is 13.7 Å². The third kappa shape index (κ3) is 3.85. The number of rotatable bonds is 5. The van der Waals surface area contributed by atoms with Gasteiger partial charge in [0.2, 0.25) is 5.88 Å². The van der Waals surface area contributed by atoms with Gasteiger partial charge in [0.05, 0.1) is 30.6 Å². The van der Waals surface area contributed by atoms with Crippen LogP contribution in [0, 0.1) is 0 Å². The predicted octanol–water partition coefficient (Wildman–Crippen LogP) is 3.19. The molecule has 4 rings (SSSR count). The number of nitrogens with one attached hydrogen (secondary N) is 1. The van der Waals surface area contributed by atoms with E-state index in [1.807, 2.05) is 18.2 Å². The lowest BCUT2D eigenvalue weighted by Crippen LogP contribution is -2.36. The summed E-state index contributed by atoms with van der Waals surface area (Å²) in [7, 11) is 1.57. The number of halogens is 1. The molecule has 2 aromatic heterocycles. The van der Waals surface area contributed by atoms with E-state index in [9.17, 15) is 4.79 Å². The largest absolute Gasteiger partial charge is 0.481 e. The molecule has 1 aliphatic heterocycles. The molecular weight excluding hydrogens is 380 g/mol. The zero-order valence-corrected chi connectivity index (χ0v) is 16.0. The first kappa shape index (κ1) is 18.5. The maximum absolute atomic E-state index is 12.7. The predicted molar refractivity (Wildman–Crippen MR) is 104 cm³/mol. The highest BCUT2D eigenvalue weighted by Crippen LogP contribution is 2.29. The van der Waals surface area contributed by atoms with Gasteiger partial charge in [0, 0.05) is 35.7 Å². The second kappa shape index (κ2) is 8.00. The fourth-order valence-corrected chi connectivity index (χ4v) is 3.38. The van der Waals surface area contributed by atoms with Gasteiger partial charge >= 0.3 is 0 Å². The monoisotopic (exact) mass is 398 g/mol. The number of aromatic nitrogens is 3. The van der Waals surface area contributed by atoms with Crippen molar-refractivity contribution in [1.82, 2.24) is 20.1 Å². The number of amides is 1. The van der Waals surface area contributed by atoms with Crippen LogP contribution in [0.4, 0.5) is 0 Å². The second-order valence-corrected chi connectivity index (χ2v) is 6.88. The number of pyridine rings is 1. The summed E-state index contributed by atoms with van der Waals surface area (Å²) in [6, 6.07) is 10.8. The van der Waals surface area contributed by atoms with Gasteiger partial charge < -0.3 is 14.8 Å². The SMILES string of the molecule is COc1ccc([C@H]2OCC[C@@H]2NC(=O)c2cnn(-c3cccc(Cl)c3)c2)cn1. The number of carbonyl (C=O) groups is 1. The Morgan fingerprint density at radius 3 is 2.96 bits per heavy atom. The number of methoxy groups -OCH3 is 1. The minimum atomic E-state index is -0.245. The Morgan fingerprint density at radius 2 is 2.21 bits per heavy atom. The van der Waals surface area contributed by atoms with Gasteiger partial charge in [-0.3, -0.25) is 4.79 Å². The highest BCUT2D eigenvalue weighted by Gasteiger charge is 2.31. The van der Waals surface area contributed by atoms with Gasteiger partial charge in [0.1, 0.15) is 6.10 Å². The fourth-order valence-electron chi connectivity index (χ4n) is 3.20. The number of hydrogen-bond donors (Lipinski definition) is 1. The van der Waals surface area contributed by atoms with Crippen LogP contribution in [0.3, 0.4) is 0 Å². The fraction of sp³-hybridized carbons (Fsp3) is 0.250. The van der Waals surface area contributed by atoms with Crippen molar-refractivity contribution in [3.63, 3.8) is 0 Å². The Labute approximate surface area is 167 Å². The molecule has 1 N–H and O–H groups in total. The first-order valence-electron chi connectivity index (χ1n) is 8.87. The lowest BCUT2D eigenvalue weighted by molar-refractivity contribution is 0.0820. The average Bonchev–Trinajstić information content (AvgIpc) is 3.38. The maximum atomic E-state index is 12.7. The molecule has 8 heteroatoms. The standard InChI is InChI=1S/C20H19ClN4O3/c1-27-18-6-5-13(10-22-18)19-17(7-8-28-19)24-20(26)14-11-23-25(12-14)16-4-2-3-15(21)9-16/h2-6,9-12,17,19H,7-8H2,1H3,(H,24,26)/t17-,19+/m0/s1. The van der Waals surface area contributed by atoms with Crippen molar-refractivity contribution in [1.29, 1.82) is 0 Å². The molecule has 1 saturated heterocycles. The molecule has 3 aromatic rings. The molecule has 7 nitrogen and oxygen atoms in total. The second-order valence-electron chi connectivity index (χ2n) is 6.45. The summed E-state index contributed by atoms with van der Waals surface area (Å²) in [5.41, 5.74) is 2.16. The number of ether oxygens (including phenoxy) is 2. The summed E-state index contributed by atoms with van der Waals surface area (Å²) in [4.78, 5) is 16.9. The molecule has 144 valence electrons. The molecule has 0 spiro atoms. The number of nitrogens with zero attached hydrogens (tertiary/aromatic N) is 3. The minimum Gasteiger partial charge on any atom is -0.481 e. The van der Waals surface area contributed by atoms with E-state index >= 15 is 0 Å². The molecule has 1 aliphatic rings. The van der Waals surface area contributed by atoms with Crippen LogP contribution in [0.1, 0.15) is 28.4 Å². The highest BCUT2D eigenvalue weighted by molar-refractivity contribution is 6.30. The van der Waals surface area contributed by atoms with Crippen LogP contribution in [-0.2, 0) is 4.74 Å². The summed E-state index contributed by atoms with van der Waals surface area (Å²) in [5, 5.41) is 7.92. The Kier molecular flexibility index (Phi) is 5.27. The minimum absolute atomic E-state index is 0.141. The molecule has 2 atom stereocenters. The van der Waals surface area contributed by atoms with Gasteiger partial charge in [0.25, 0.3) is 5.91 Å². The van der Waals surface area contributed by atoms with Crippen LogP contribution < -0.4 is 10.1 Å². The molecule has 0 saturated carbocycles. The van der Waals surface area contributed by atoms with E-state index in [0.29, 0.717) is 23.1 Å². The summed E-state index contributed by atoms with van der Waals surface area (Å²) in [5.74, 6) is 0.339. The van der Waals surface area contributed by atoms with Gasteiger partial charge in [0.15, 0.2) is 0 Å². The molecule has 1 fully saturated rings. The molecule has 0 bridgehead atoms. The van der Waals surface area contributed by atoms with Crippen LogP contribution in [0.25, 0.3) is 5.69 Å². The molecule has 0 unspecified atom stereocenters. The molecule has 28 heavy (non-hydrogen) atoms. The van der Waals surface area contributed by atoms with Crippen LogP contribution in [0.5, 0.6) is 5.88 Å². The Balaban J connectivity index is 1.47. The summed E-state index contributed by atoms with van der Waals surface area (Å²) in [6.07, 6.45) is 5.41. The Bertz CT molecular complexity index is 974. The lowest BCUT2D eigenvalue weighted by atomic mass is 10.0. The van der Waals surface area contributed by atoms with E-state index in [2.05, 4.69) is 15.4 Å². The average molecular weight is 399 g/mol. The first-order valence-corrected chi connectivity index (χ1v) is 9.25. The molecule has 0 aliphatic carbocycles. The highest BCUT2D eigenvalue weighted by atomic mass is 35.5. The quantitative estimate of drug-likeness (QED) is 0.714. The van der Waals surface area contributed by atoms with Gasteiger partial charge in [-0.15, -0.1) is 0 Å². The molecule has 0 radical (unpaired) electrons. The van der Waals surface area contributed by atoms with Crippen LogP contribution in [0.2, 0.25) is 5.02 Å². The van der Waals surface area contributed by atoms with Crippen LogP contribution in [-0.4, -0.2) is 40.4 Å². The maximum Gasteiger partial charge on any atom is 0.254 e. The van der Waals surface area contributed by atoms with E-state index in [1.165, 1.54) is 6.20 Å². The number of hydrogen-bond acceptors (Lipinski definition) is 5. The third-order valence-corrected chi connectivity index (χ3v) is 4.86. The van der Waals surface area contributed by atoms with Gasteiger partial charge in [-0.2, -0.15) is 5.10 Å². The van der Waals surface area contributed by atoms with Crippen molar-refractivity contribution in [3.8, 4) is 11.6 Å². The van der Waals surface area contributed by atoms with Gasteiger partial charge in [-0.05, 0) is 30.7 Å². The first-order chi connectivity index (χ1) is 13.6. The van der Waals surface area contributed by atoms with Crippen molar-refractivity contribution in [2.24, 2.45) is 0 Å². The zero-order valence-electron chi connectivity index (χ0n) is 15.2.